The quantitative estimate of drug-likeness (QED) is 0.859. The van der Waals surface area contributed by atoms with Gasteiger partial charge in [-0.15, -0.1) is 0 Å². The molecule has 3 heteroatoms. The summed E-state index contributed by atoms with van der Waals surface area (Å²) in [6.07, 6.45) is 0.959. The number of hydrogen-bond acceptors (Lipinski definition) is 2. The van der Waals surface area contributed by atoms with E-state index in [-0.39, 0.29) is 5.41 Å². The minimum atomic E-state index is -0.0732. The van der Waals surface area contributed by atoms with Crippen LogP contribution in [0.15, 0.2) is 18.2 Å². The number of ether oxygens (including phenoxy) is 1. The van der Waals surface area contributed by atoms with Crippen LogP contribution in [0.4, 0.5) is 0 Å². The highest BCUT2D eigenvalue weighted by Crippen LogP contribution is 2.37. The van der Waals surface area contributed by atoms with E-state index in [2.05, 4.69) is 13.8 Å². The lowest BCUT2D eigenvalue weighted by atomic mass is 9.79. The van der Waals surface area contributed by atoms with E-state index in [1.54, 1.807) is 7.11 Å². The van der Waals surface area contributed by atoms with Crippen LogP contribution in [0.25, 0.3) is 0 Å². The van der Waals surface area contributed by atoms with Crippen LogP contribution in [-0.4, -0.2) is 13.7 Å². The van der Waals surface area contributed by atoms with E-state index in [4.69, 9.17) is 22.1 Å². The molecule has 0 aromatic heterocycles. The Labute approximate surface area is 96.4 Å². The van der Waals surface area contributed by atoms with Crippen molar-refractivity contribution in [3.63, 3.8) is 0 Å². The lowest BCUT2D eigenvalue weighted by molar-refractivity contribution is 0.382. The van der Waals surface area contributed by atoms with Gasteiger partial charge in [-0.3, -0.25) is 0 Å². The van der Waals surface area contributed by atoms with Crippen LogP contribution in [0, 0.1) is 0 Å². The standard InChI is InChI=1S/C12H18ClNO/c1-4-12(2,8-14)9-6-5-7-10(13)11(9)15-3/h5-7H,4,8,14H2,1-3H3. The van der Waals surface area contributed by atoms with Crippen molar-refractivity contribution in [1.82, 2.24) is 0 Å². The molecule has 2 N–H and O–H groups in total. The van der Waals surface area contributed by atoms with Gasteiger partial charge in [0.15, 0.2) is 0 Å². The average molecular weight is 228 g/mol. The minimum absolute atomic E-state index is 0.0732. The number of para-hydroxylation sites is 1. The van der Waals surface area contributed by atoms with E-state index in [1.165, 1.54) is 0 Å². The zero-order chi connectivity index (χ0) is 11.5. The number of methoxy groups -OCH3 is 1. The van der Waals surface area contributed by atoms with Crippen LogP contribution < -0.4 is 10.5 Å². The van der Waals surface area contributed by atoms with Crippen molar-refractivity contribution >= 4 is 11.6 Å². The van der Waals surface area contributed by atoms with Gasteiger partial charge in [0.05, 0.1) is 12.1 Å². The highest BCUT2D eigenvalue weighted by atomic mass is 35.5. The van der Waals surface area contributed by atoms with Gasteiger partial charge in [0.2, 0.25) is 0 Å². The Kier molecular flexibility index (Phi) is 4.00. The van der Waals surface area contributed by atoms with Crippen molar-refractivity contribution < 1.29 is 4.74 Å². The second-order valence-corrected chi connectivity index (χ2v) is 4.35. The third kappa shape index (κ3) is 2.27. The molecule has 84 valence electrons. The van der Waals surface area contributed by atoms with Gasteiger partial charge in [-0.25, -0.2) is 0 Å². The third-order valence-electron chi connectivity index (χ3n) is 3.05. The molecular formula is C12H18ClNO. The maximum Gasteiger partial charge on any atom is 0.141 e. The molecule has 0 aliphatic carbocycles. The first kappa shape index (κ1) is 12.3. The Hall–Kier alpha value is -0.730. The summed E-state index contributed by atoms with van der Waals surface area (Å²) in [5.74, 6) is 0.744. The summed E-state index contributed by atoms with van der Waals surface area (Å²) >= 11 is 6.08. The van der Waals surface area contributed by atoms with Crippen LogP contribution in [0.2, 0.25) is 5.02 Å². The maximum atomic E-state index is 6.08. The summed E-state index contributed by atoms with van der Waals surface area (Å²) in [5.41, 5.74) is 6.84. The van der Waals surface area contributed by atoms with Crippen molar-refractivity contribution in [3.05, 3.63) is 28.8 Å². The molecule has 1 atom stereocenters. The fourth-order valence-corrected chi connectivity index (χ4v) is 1.89. The number of benzene rings is 1. The van der Waals surface area contributed by atoms with E-state index < -0.39 is 0 Å². The molecule has 0 spiro atoms. The molecule has 0 amide bonds. The van der Waals surface area contributed by atoms with Crippen molar-refractivity contribution in [2.45, 2.75) is 25.7 Å². The summed E-state index contributed by atoms with van der Waals surface area (Å²) < 4.78 is 5.34. The Morgan fingerprint density at radius 3 is 2.60 bits per heavy atom. The van der Waals surface area contributed by atoms with E-state index in [1.807, 2.05) is 18.2 Å². The summed E-state index contributed by atoms with van der Waals surface area (Å²) in [6.45, 7) is 4.83. The summed E-state index contributed by atoms with van der Waals surface area (Å²) in [7, 11) is 1.64. The van der Waals surface area contributed by atoms with Crippen LogP contribution in [0.3, 0.4) is 0 Å². The molecular weight excluding hydrogens is 210 g/mol. The van der Waals surface area contributed by atoms with Crippen molar-refractivity contribution in [3.8, 4) is 5.75 Å². The summed E-state index contributed by atoms with van der Waals surface area (Å²) in [6, 6.07) is 5.79. The fourth-order valence-electron chi connectivity index (χ4n) is 1.64. The number of hydrogen-bond donors (Lipinski definition) is 1. The number of halogens is 1. The smallest absolute Gasteiger partial charge is 0.141 e. The van der Waals surface area contributed by atoms with Crippen molar-refractivity contribution in [2.24, 2.45) is 5.73 Å². The molecule has 1 unspecified atom stereocenters. The fraction of sp³-hybridized carbons (Fsp3) is 0.500. The van der Waals surface area contributed by atoms with Crippen LogP contribution >= 0.6 is 11.6 Å². The summed E-state index contributed by atoms with van der Waals surface area (Å²) in [4.78, 5) is 0. The largest absolute Gasteiger partial charge is 0.495 e. The molecule has 0 aliphatic heterocycles. The molecule has 0 bridgehead atoms. The van der Waals surface area contributed by atoms with E-state index in [0.29, 0.717) is 11.6 Å². The lowest BCUT2D eigenvalue weighted by Gasteiger charge is -2.29. The zero-order valence-corrected chi connectivity index (χ0v) is 10.3. The SMILES string of the molecule is CCC(C)(CN)c1cccc(Cl)c1OC. The first-order valence-electron chi connectivity index (χ1n) is 5.12. The monoisotopic (exact) mass is 227 g/mol. The van der Waals surface area contributed by atoms with Gasteiger partial charge in [-0.05, 0) is 12.5 Å². The number of nitrogens with two attached hydrogens (primary N) is 1. The lowest BCUT2D eigenvalue weighted by Crippen LogP contribution is -2.31. The Morgan fingerprint density at radius 1 is 1.47 bits per heavy atom. The molecule has 0 heterocycles. The Morgan fingerprint density at radius 2 is 2.13 bits per heavy atom. The highest BCUT2D eigenvalue weighted by molar-refractivity contribution is 6.32. The zero-order valence-electron chi connectivity index (χ0n) is 9.51. The van der Waals surface area contributed by atoms with Gasteiger partial charge in [0.25, 0.3) is 0 Å². The average Bonchev–Trinajstić information content (AvgIpc) is 2.27. The molecule has 2 nitrogen and oxygen atoms in total. The predicted octanol–water partition coefficient (Wildman–Crippen LogP) is 2.98. The number of rotatable bonds is 4. The molecule has 0 radical (unpaired) electrons. The minimum Gasteiger partial charge on any atom is -0.495 e. The molecule has 1 aromatic carbocycles. The van der Waals surface area contributed by atoms with Crippen LogP contribution in [0.5, 0.6) is 5.75 Å². The van der Waals surface area contributed by atoms with E-state index in [0.717, 1.165) is 17.7 Å². The van der Waals surface area contributed by atoms with Gasteiger partial charge < -0.3 is 10.5 Å². The van der Waals surface area contributed by atoms with Crippen LogP contribution in [0.1, 0.15) is 25.8 Å². The molecule has 1 aromatic rings. The first-order chi connectivity index (χ1) is 7.09. The van der Waals surface area contributed by atoms with E-state index >= 15 is 0 Å². The first-order valence-corrected chi connectivity index (χ1v) is 5.50. The molecule has 1 rings (SSSR count). The second-order valence-electron chi connectivity index (χ2n) is 3.94. The van der Waals surface area contributed by atoms with Gasteiger partial charge in [0.1, 0.15) is 5.75 Å². The molecule has 0 fully saturated rings. The van der Waals surface area contributed by atoms with Gasteiger partial charge in [-0.2, -0.15) is 0 Å². The van der Waals surface area contributed by atoms with E-state index in [9.17, 15) is 0 Å². The Balaban J connectivity index is 3.29. The summed E-state index contributed by atoms with van der Waals surface area (Å²) in [5, 5.41) is 0.642. The molecule has 15 heavy (non-hydrogen) atoms. The maximum absolute atomic E-state index is 6.08. The second kappa shape index (κ2) is 4.86. The normalized spacial score (nSPS) is 14.7. The van der Waals surface area contributed by atoms with Crippen molar-refractivity contribution in [2.75, 3.05) is 13.7 Å². The third-order valence-corrected chi connectivity index (χ3v) is 3.35. The Bertz CT molecular complexity index is 334. The van der Waals surface area contributed by atoms with Gasteiger partial charge >= 0.3 is 0 Å². The van der Waals surface area contributed by atoms with Gasteiger partial charge in [0, 0.05) is 17.5 Å². The predicted molar refractivity (Wildman–Crippen MR) is 64.7 cm³/mol. The van der Waals surface area contributed by atoms with Gasteiger partial charge in [-0.1, -0.05) is 37.6 Å². The van der Waals surface area contributed by atoms with Crippen LogP contribution in [-0.2, 0) is 5.41 Å². The molecule has 0 saturated carbocycles. The topological polar surface area (TPSA) is 35.2 Å². The molecule has 0 saturated heterocycles. The molecule has 0 aliphatic rings. The highest BCUT2D eigenvalue weighted by Gasteiger charge is 2.27. The van der Waals surface area contributed by atoms with Crippen molar-refractivity contribution in [1.29, 1.82) is 0 Å².